The van der Waals surface area contributed by atoms with Gasteiger partial charge in [-0.3, -0.25) is 0 Å². The minimum atomic E-state index is -3.97. The molecule has 0 saturated carbocycles. The summed E-state index contributed by atoms with van der Waals surface area (Å²) in [6.07, 6.45) is 8.71. The van der Waals surface area contributed by atoms with E-state index in [0.717, 1.165) is 38.8 Å². The first-order valence-electron chi connectivity index (χ1n) is 10.5. The summed E-state index contributed by atoms with van der Waals surface area (Å²) in [5.74, 6) is -0.557. The zero-order valence-corrected chi connectivity index (χ0v) is 19.0. The lowest BCUT2D eigenvalue weighted by Gasteiger charge is -2.16. The molecule has 1 unspecified atom stereocenters. The van der Waals surface area contributed by atoms with Gasteiger partial charge in [0.15, 0.2) is 4.91 Å². The van der Waals surface area contributed by atoms with Gasteiger partial charge in [-0.2, -0.15) is 0 Å². The van der Waals surface area contributed by atoms with Crippen molar-refractivity contribution in [2.75, 3.05) is 19.7 Å². The van der Waals surface area contributed by atoms with Crippen molar-refractivity contribution in [2.24, 2.45) is 5.92 Å². The van der Waals surface area contributed by atoms with Crippen LogP contribution in [0.3, 0.4) is 0 Å². The van der Waals surface area contributed by atoms with Gasteiger partial charge in [0.05, 0.1) is 11.5 Å². The Morgan fingerprint density at radius 2 is 1.76 bits per heavy atom. The van der Waals surface area contributed by atoms with Gasteiger partial charge < -0.3 is 9.64 Å². The van der Waals surface area contributed by atoms with Crippen molar-refractivity contribution in [2.45, 2.75) is 58.3 Å². The van der Waals surface area contributed by atoms with Crippen molar-refractivity contribution in [3.8, 4) is 0 Å². The van der Waals surface area contributed by atoms with E-state index in [0.29, 0.717) is 0 Å². The zero-order valence-electron chi connectivity index (χ0n) is 18.1. The van der Waals surface area contributed by atoms with Gasteiger partial charge in [-0.15, -0.1) is 0 Å². The lowest BCUT2D eigenvalue weighted by atomic mass is 10.0. The van der Waals surface area contributed by atoms with Crippen LogP contribution in [0.5, 0.6) is 0 Å². The van der Waals surface area contributed by atoms with Crippen LogP contribution in [-0.2, 0) is 19.4 Å². The molecule has 0 fully saturated rings. The van der Waals surface area contributed by atoms with Crippen molar-refractivity contribution in [3.63, 3.8) is 0 Å². The lowest BCUT2D eigenvalue weighted by molar-refractivity contribution is -0.139. The normalized spacial score (nSPS) is 13.4. The van der Waals surface area contributed by atoms with E-state index in [1.807, 2.05) is 18.7 Å². The molecule has 1 rings (SSSR count). The van der Waals surface area contributed by atoms with Gasteiger partial charge in [-0.25, -0.2) is 13.2 Å². The van der Waals surface area contributed by atoms with Crippen molar-refractivity contribution in [1.82, 2.24) is 4.90 Å². The fourth-order valence-corrected chi connectivity index (χ4v) is 4.15. The summed E-state index contributed by atoms with van der Waals surface area (Å²) in [6.45, 7) is 10.0. The largest absolute Gasteiger partial charge is 0.461 e. The number of allylic oxidation sites excluding steroid dienone is 2. The van der Waals surface area contributed by atoms with E-state index in [4.69, 9.17) is 4.74 Å². The number of unbranched alkanes of at least 4 members (excludes halogenated alkanes) is 1. The van der Waals surface area contributed by atoms with Crippen LogP contribution in [0.2, 0.25) is 0 Å². The molecule has 1 atom stereocenters. The average molecular weight is 422 g/mol. The molecule has 1 aromatic carbocycles. The number of ether oxygens (including phenoxy) is 1. The fraction of sp³-hybridized carbons (Fsp3) is 0.522. The molecule has 0 aromatic heterocycles. The predicted octanol–water partition coefficient (Wildman–Crippen LogP) is 4.96. The summed E-state index contributed by atoms with van der Waals surface area (Å²) in [4.78, 5) is 14.5. The molecule has 0 spiro atoms. The smallest absolute Gasteiger partial charge is 0.350 e. The lowest BCUT2D eigenvalue weighted by Crippen LogP contribution is -2.20. The maximum Gasteiger partial charge on any atom is 0.350 e. The molecule has 5 nitrogen and oxygen atoms in total. The van der Waals surface area contributed by atoms with Gasteiger partial charge >= 0.3 is 5.97 Å². The number of carbonyl (C=O) groups is 1. The van der Waals surface area contributed by atoms with Gasteiger partial charge in [0.2, 0.25) is 9.84 Å². The first kappa shape index (κ1) is 25.0. The van der Waals surface area contributed by atoms with E-state index >= 15 is 0 Å². The summed E-state index contributed by atoms with van der Waals surface area (Å²) in [5.41, 5.74) is 0. The molecule has 0 aliphatic rings. The number of nitrogens with zero attached hydrogens (tertiary/aromatic N) is 1. The van der Waals surface area contributed by atoms with E-state index in [-0.39, 0.29) is 22.3 Å². The Morgan fingerprint density at radius 1 is 1.10 bits per heavy atom. The Kier molecular flexibility index (Phi) is 11.4. The molecule has 6 heteroatoms. The maximum atomic E-state index is 13.1. The maximum absolute atomic E-state index is 13.1. The fourth-order valence-electron chi connectivity index (χ4n) is 2.84. The van der Waals surface area contributed by atoms with Crippen LogP contribution in [0.4, 0.5) is 0 Å². The van der Waals surface area contributed by atoms with Crippen molar-refractivity contribution in [3.05, 3.63) is 53.6 Å². The number of hydrogen-bond acceptors (Lipinski definition) is 5. The zero-order chi connectivity index (χ0) is 21.7. The predicted molar refractivity (Wildman–Crippen MR) is 118 cm³/mol. The third-order valence-electron chi connectivity index (χ3n) is 4.89. The second kappa shape index (κ2) is 13.2. The Labute approximate surface area is 176 Å². The molecule has 0 amide bonds. The Bertz CT molecular complexity index is 765. The first-order valence-corrected chi connectivity index (χ1v) is 12.0. The molecule has 0 bridgehead atoms. The van der Waals surface area contributed by atoms with Gasteiger partial charge in [0.1, 0.15) is 0 Å². The first-order chi connectivity index (χ1) is 13.9. The summed E-state index contributed by atoms with van der Waals surface area (Å²) < 4.78 is 31.6. The summed E-state index contributed by atoms with van der Waals surface area (Å²) in [6, 6.07) is 7.99. The van der Waals surface area contributed by atoms with E-state index < -0.39 is 15.8 Å². The van der Waals surface area contributed by atoms with Crippen LogP contribution in [0, 0.1) is 5.92 Å². The van der Waals surface area contributed by atoms with E-state index in [2.05, 4.69) is 13.8 Å². The summed E-state index contributed by atoms with van der Waals surface area (Å²) >= 11 is 0. The van der Waals surface area contributed by atoms with Crippen LogP contribution in [0.15, 0.2) is 58.5 Å². The molecule has 0 saturated heterocycles. The standard InChI is InChI=1S/C23H35NO4S/c1-5-9-14-20(6-2)19-28-23(25)22(17-13-18-24(7-3)8-4)29(26,27)21-15-11-10-12-16-21/h10-13,15-18,20H,5-9,14,19H2,1-4H3. The highest BCUT2D eigenvalue weighted by Crippen LogP contribution is 2.21. The van der Waals surface area contributed by atoms with Crippen LogP contribution in [0.1, 0.15) is 53.4 Å². The van der Waals surface area contributed by atoms with Crippen LogP contribution in [-0.4, -0.2) is 39.0 Å². The Morgan fingerprint density at radius 3 is 2.31 bits per heavy atom. The molecule has 0 radical (unpaired) electrons. The molecule has 1 aromatic rings. The summed E-state index contributed by atoms with van der Waals surface area (Å²) in [5, 5.41) is 0. The third-order valence-corrected chi connectivity index (χ3v) is 6.67. The van der Waals surface area contributed by atoms with Crippen molar-refractivity contribution in [1.29, 1.82) is 0 Å². The highest BCUT2D eigenvalue weighted by molar-refractivity contribution is 7.96. The highest BCUT2D eigenvalue weighted by Gasteiger charge is 2.28. The number of rotatable bonds is 13. The van der Waals surface area contributed by atoms with Crippen LogP contribution < -0.4 is 0 Å². The molecule has 0 N–H and O–H groups in total. The number of carbonyl (C=O) groups excluding carboxylic acids is 1. The third kappa shape index (κ3) is 8.05. The number of esters is 1. The van der Waals surface area contributed by atoms with E-state index in [1.54, 1.807) is 30.5 Å². The molecular weight excluding hydrogens is 386 g/mol. The van der Waals surface area contributed by atoms with Crippen LogP contribution >= 0.6 is 0 Å². The van der Waals surface area contributed by atoms with Gasteiger partial charge in [-0.1, -0.05) is 51.3 Å². The minimum Gasteiger partial charge on any atom is -0.461 e. The molecule has 29 heavy (non-hydrogen) atoms. The quantitative estimate of drug-likeness (QED) is 0.256. The van der Waals surface area contributed by atoms with Gasteiger partial charge in [-0.05, 0) is 56.7 Å². The van der Waals surface area contributed by atoms with E-state index in [1.165, 1.54) is 18.2 Å². The molecule has 0 aliphatic carbocycles. The molecule has 0 aliphatic heterocycles. The van der Waals surface area contributed by atoms with E-state index in [9.17, 15) is 13.2 Å². The highest BCUT2D eigenvalue weighted by atomic mass is 32.2. The molecule has 0 heterocycles. The second-order valence-electron chi connectivity index (χ2n) is 6.93. The van der Waals surface area contributed by atoms with Crippen LogP contribution in [0.25, 0.3) is 0 Å². The molecular formula is C23H35NO4S. The van der Waals surface area contributed by atoms with Gasteiger partial charge in [0, 0.05) is 13.1 Å². The van der Waals surface area contributed by atoms with Crippen molar-refractivity contribution >= 4 is 15.8 Å². The van der Waals surface area contributed by atoms with Crippen molar-refractivity contribution < 1.29 is 17.9 Å². The topological polar surface area (TPSA) is 63.7 Å². The number of hydrogen-bond donors (Lipinski definition) is 0. The minimum absolute atomic E-state index is 0.0810. The monoisotopic (exact) mass is 421 g/mol. The molecule has 162 valence electrons. The second-order valence-corrected chi connectivity index (χ2v) is 8.84. The average Bonchev–Trinajstić information content (AvgIpc) is 2.74. The Hall–Kier alpha value is -2.08. The Balaban J connectivity index is 3.11. The SMILES string of the molecule is CCCCC(CC)COC(=O)C(=CC=CN(CC)CC)S(=O)(=O)c1ccccc1. The summed E-state index contributed by atoms with van der Waals surface area (Å²) in [7, 11) is -3.97. The van der Waals surface area contributed by atoms with Gasteiger partial charge in [0.25, 0.3) is 0 Å². The number of sulfone groups is 1. The number of benzene rings is 1.